The molecule has 0 atom stereocenters. The predicted octanol–water partition coefficient (Wildman–Crippen LogP) is 4.71. The molecule has 0 saturated heterocycles. The van der Waals surface area contributed by atoms with Gasteiger partial charge in [0.05, 0.1) is 35.6 Å². The Morgan fingerprint density at radius 2 is 2.00 bits per heavy atom. The molecule has 0 amide bonds. The van der Waals surface area contributed by atoms with Crippen LogP contribution in [0.5, 0.6) is 5.75 Å². The minimum absolute atomic E-state index is 0.224. The van der Waals surface area contributed by atoms with E-state index in [1.165, 1.54) is 0 Å². The first-order valence-corrected chi connectivity index (χ1v) is 11.0. The summed E-state index contributed by atoms with van der Waals surface area (Å²) in [4.78, 5) is 21.8. The molecule has 0 unspecified atom stereocenters. The second-order valence-corrected chi connectivity index (χ2v) is 8.73. The summed E-state index contributed by atoms with van der Waals surface area (Å²) in [5.41, 5.74) is 8.25. The van der Waals surface area contributed by atoms with Crippen molar-refractivity contribution in [1.82, 2.24) is 14.8 Å². The number of Topliss-reactive ketones (excluding diaryl/α,β-unsaturated/α-hetero) is 1. The van der Waals surface area contributed by atoms with Gasteiger partial charge in [-0.05, 0) is 51.0 Å². The Morgan fingerprint density at radius 1 is 1.19 bits per heavy atom. The van der Waals surface area contributed by atoms with E-state index in [1.54, 1.807) is 7.11 Å². The van der Waals surface area contributed by atoms with E-state index in [4.69, 9.17) is 14.7 Å². The van der Waals surface area contributed by atoms with Crippen molar-refractivity contribution in [3.05, 3.63) is 47.4 Å². The van der Waals surface area contributed by atoms with Crippen LogP contribution in [0.2, 0.25) is 0 Å². The standard InChI is InChI=1S/C25H27N5O2/c1-14-9-21-25(26-14)22(12-18(27-21)13-23(31)16-5-6-16)28-19-8-7-17(11-24(19)32-4)20-10-15(2)30(3)29-20/h7-8,10-12,16H,5-6,9,13H2,1-4H3,(H,27,28). The van der Waals surface area contributed by atoms with Crippen LogP contribution in [0.4, 0.5) is 17.1 Å². The molecule has 1 saturated carbocycles. The number of carbonyl (C=O) groups excluding carboxylic acids is 1. The van der Waals surface area contributed by atoms with Crippen LogP contribution in [0.1, 0.15) is 36.8 Å². The van der Waals surface area contributed by atoms with E-state index < -0.39 is 0 Å². The lowest BCUT2D eigenvalue weighted by molar-refractivity contribution is -0.119. The number of carbonyl (C=O) groups is 1. The van der Waals surface area contributed by atoms with Crippen molar-refractivity contribution < 1.29 is 9.53 Å². The average Bonchev–Trinajstić information content (AvgIpc) is 3.47. The van der Waals surface area contributed by atoms with Gasteiger partial charge < -0.3 is 10.1 Å². The molecular weight excluding hydrogens is 402 g/mol. The minimum atomic E-state index is 0.224. The van der Waals surface area contributed by atoms with Gasteiger partial charge in [0.1, 0.15) is 17.2 Å². The smallest absolute Gasteiger partial charge is 0.142 e. The van der Waals surface area contributed by atoms with Gasteiger partial charge in [-0.25, -0.2) is 0 Å². The molecule has 0 bridgehead atoms. The molecule has 5 rings (SSSR count). The van der Waals surface area contributed by atoms with Crippen LogP contribution >= 0.6 is 0 Å². The third-order valence-corrected chi connectivity index (χ3v) is 6.11. The van der Waals surface area contributed by atoms with Crippen LogP contribution in [-0.4, -0.2) is 33.4 Å². The Balaban J connectivity index is 1.48. The number of benzene rings is 1. The maximum atomic E-state index is 12.4. The van der Waals surface area contributed by atoms with E-state index in [2.05, 4.69) is 16.5 Å². The molecule has 1 N–H and O–H groups in total. The summed E-state index contributed by atoms with van der Waals surface area (Å²) in [5.74, 6) is 1.22. The van der Waals surface area contributed by atoms with Crippen LogP contribution < -0.4 is 10.1 Å². The number of pyridine rings is 1. The topological polar surface area (TPSA) is 81.4 Å². The zero-order chi connectivity index (χ0) is 22.4. The van der Waals surface area contributed by atoms with Gasteiger partial charge in [-0.2, -0.15) is 5.10 Å². The van der Waals surface area contributed by atoms with E-state index in [0.29, 0.717) is 18.6 Å². The maximum Gasteiger partial charge on any atom is 0.142 e. The number of hydrogen-bond acceptors (Lipinski definition) is 6. The molecule has 32 heavy (non-hydrogen) atoms. The number of ether oxygens (including phenoxy) is 1. The molecule has 1 fully saturated rings. The molecular formula is C25H27N5O2. The van der Waals surface area contributed by atoms with E-state index >= 15 is 0 Å². The average molecular weight is 430 g/mol. The van der Waals surface area contributed by atoms with Gasteiger partial charge in [-0.1, -0.05) is 6.07 Å². The quantitative estimate of drug-likeness (QED) is 0.588. The highest BCUT2D eigenvalue weighted by atomic mass is 16.5. The fraction of sp³-hybridized carbons (Fsp3) is 0.360. The fourth-order valence-electron chi connectivity index (χ4n) is 4.08. The lowest BCUT2D eigenvalue weighted by Gasteiger charge is -2.15. The number of methoxy groups -OCH3 is 1. The number of aryl methyl sites for hydroxylation is 2. The second-order valence-electron chi connectivity index (χ2n) is 8.73. The maximum absolute atomic E-state index is 12.4. The Labute approximate surface area is 187 Å². The molecule has 2 aliphatic rings. The van der Waals surface area contributed by atoms with E-state index in [0.717, 1.165) is 64.0 Å². The zero-order valence-electron chi connectivity index (χ0n) is 18.9. The van der Waals surface area contributed by atoms with Gasteiger partial charge in [0.25, 0.3) is 0 Å². The highest BCUT2D eigenvalue weighted by Gasteiger charge is 2.30. The number of nitrogens with zero attached hydrogens (tertiary/aromatic N) is 4. The van der Waals surface area contributed by atoms with Gasteiger partial charge in [0.15, 0.2) is 0 Å². The van der Waals surface area contributed by atoms with Gasteiger partial charge in [0, 0.05) is 42.8 Å². The van der Waals surface area contributed by atoms with Crippen LogP contribution in [0.3, 0.4) is 0 Å². The SMILES string of the molecule is COc1cc(-c2cc(C)n(C)n2)ccc1Nc1cc(CC(=O)C2CC2)nc2c1N=C(C)C2. The molecule has 164 valence electrons. The Kier molecular flexibility index (Phi) is 5.04. The van der Waals surface area contributed by atoms with Crippen molar-refractivity contribution in [2.45, 2.75) is 39.5 Å². The van der Waals surface area contributed by atoms with E-state index in [9.17, 15) is 4.79 Å². The highest BCUT2D eigenvalue weighted by molar-refractivity contribution is 5.95. The normalized spacial score (nSPS) is 14.8. The fourth-order valence-corrected chi connectivity index (χ4v) is 4.08. The molecule has 7 nitrogen and oxygen atoms in total. The van der Waals surface area contributed by atoms with Crippen LogP contribution in [0.25, 0.3) is 11.3 Å². The van der Waals surface area contributed by atoms with E-state index in [1.807, 2.05) is 49.8 Å². The molecule has 1 aromatic carbocycles. The van der Waals surface area contributed by atoms with Crippen molar-refractivity contribution in [2.75, 3.05) is 12.4 Å². The van der Waals surface area contributed by atoms with E-state index in [-0.39, 0.29) is 11.7 Å². The number of nitrogens with one attached hydrogen (secondary N) is 1. The summed E-state index contributed by atoms with van der Waals surface area (Å²) in [6, 6.07) is 10.0. The van der Waals surface area contributed by atoms with Crippen LogP contribution in [0.15, 0.2) is 35.3 Å². The third kappa shape index (κ3) is 3.90. The van der Waals surface area contributed by atoms with Crippen molar-refractivity contribution in [2.24, 2.45) is 18.0 Å². The zero-order valence-corrected chi connectivity index (χ0v) is 18.9. The number of aromatic nitrogens is 3. The largest absolute Gasteiger partial charge is 0.495 e. The minimum Gasteiger partial charge on any atom is -0.495 e. The lowest BCUT2D eigenvalue weighted by atomic mass is 10.1. The second kappa shape index (κ2) is 7.89. The number of hydrogen-bond donors (Lipinski definition) is 1. The Bertz CT molecular complexity index is 1230. The third-order valence-electron chi connectivity index (χ3n) is 6.11. The highest BCUT2D eigenvalue weighted by Crippen LogP contribution is 2.40. The molecule has 1 aliphatic carbocycles. The molecule has 0 radical (unpaired) electrons. The number of anilines is 2. The van der Waals surface area contributed by atoms with Crippen LogP contribution in [0, 0.1) is 12.8 Å². The summed E-state index contributed by atoms with van der Waals surface area (Å²) >= 11 is 0. The molecule has 1 aliphatic heterocycles. The molecule has 3 heterocycles. The Hall–Kier alpha value is -3.48. The molecule has 7 heteroatoms. The summed E-state index contributed by atoms with van der Waals surface area (Å²) in [7, 11) is 3.59. The first-order valence-electron chi connectivity index (χ1n) is 11.0. The first kappa shape index (κ1) is 20.4. The number of rotatable bonds is 7. The molecule has 2 aromatic heterocycles. The van der Waals surface area contributed by atoms with Gasteiger partial charge in [-0.15, -0.1) is 0 Å². The van der Waals surface area contributed by atoms with Gasteiger partial charge in [0.2, 0.25) is 0 Å². The van der Waals surface area contributed by atoms with Crippen LogP contribution in [-0.2, 0) is 24.7 Å². The monoisotopic (exact) mass is 429 g/mol. The Morgan fingerprint density at radius 3 is 2.69 bits per heavy atom. The summed E-state index contributed by atoms with van der Waals surface area (Å²) in [6.45, 7) is 4.03. The predicted molar refractivity (Wildman–Crippen MR) is 125 cm³/mol. The lowest BCUT2D eigenvalue weighted by Crippen LogP contribution is -2.08. The van der Waals surface area contributed by atoms with Crippen molar-refractivity contribution in [3.63, 3.8) is 0 Å². The number of aliphatic imine (C=N–C) groups is 1. The van der Waals surface area contributed by atoms with Crippen molar-refractivity contribution in [3.8, 4) is 17.0 Å². The van der Waals surface area contributed by atoms with Crippen molar-refractivity contribution >= 4 is 28.6 Å². The van der Waals surface area contributed by atoms with Gasteiger partial charge >= 0.3 is 0 Å². The summed E-state index contributed by atoms with van der Waals surface area (Å²) in [5, 5.41) is 8.06. The first-order chi connectivity index (χ1) is 15.4. The molecule has 3 aromatic rings. The number of fused-ring (bicyclic) bond motifs is 1. The van der Waals surface area contributed by atoms with Crippen molar-refractivity contribution in [1.29, 1.82) is 0 Å². The number of ketones is 1. The molecule has 0 spiro atoms. The summed E-state index contributed by atoms with van der Waals surface area (Å²) in [6.07, 6.45) is 3.11. The summed E-state index contributed by atoms with van der Waals surface area (Å²) < 4.78 is 7.55. The van der Waals surface area contributed by atoms with Gasteiger partial charge in [-0.3, -0.25) is 19.5 Å².